The highest BCUT2D eigenvalue weighted by Gasteiger charge is 2.22. The summed E-state index contributed by atoms with van der Waals surface area (Å²) in [5.74, 6) is 1.20. The molecule has 0 unspecified atom stereocenters. The number of aromatic nitrogens is 1. The first-order valence-corrected chi connectivity index (χ1v) is 7.38. The second-order valence-corrected chi connectivity index (χ2v) is 5.97. The van der Waals surface area contributed by atoms with Gasteiger partial charge in [-0.25, -0.2) is 9.37 Å². The average molecular weight is 298 g/mol. The van der Waals surface area contributed by atoms with Crippen LogP contribution in [0.25, 0.3) is 10.8 Å². The number of hydrogen-bond acceptors (Lipinski definition) is 4. The smallest absolute Gasteiger partial charge is 0.236 e. The molecule has 1 aliphatic heterocycles. The van der Waals surface area contributed by atoms with Crippen molar-refractivity contribution >= 4 is 17.0 Å². The summed E-state index contributed by atoms with van der Waals surface area (Å²) in [4.78, 5) is 10.9. The fourth-order valence-corrected chi connectivity index (χ4v) is 3.52. The molecule has 0 saturated heterocycles. The fraction of sp³-hybridized carbons (Fsp3) is 0.125. The van der Waals surface area contributed by atoms with Gasteiger partial charge in [-0.05, 0) is 42.8 Å². The van der Waals surface area contributed by atoms with Gasteiger partial charge in [0, 0.05) is 5.56 Å². The maximum absolute atomic E-state index is 13.0. The zero-order valence-electron chi connectivity index (χ0n) is 11.3. The first-order chi connectivity index (χ1) is 10.2. The van der Waals surface area contributed by atoms with Crippen molar-refractivity contribution < 1.29 is 8.81 Å². The molecule has 3 heterocycles. The zero-order chi connectivity index (χ0) is 14.4. The highest BCUT2D eigenvalue weighted by molar-refractivity contribution is 7.17. The topological polar surface area (TPSA) is 38.4 Å². The van der Waals surface area contributed by atoms with E-state index >= 15 is 0 Å². The first-order valence-electron chi connectivity index (χ1n) is 6.57. The zero-order valence-corrected chi connectivity index (χ0v) is 12.1. The maximum atomic E-state index is 13.0. The predicted molar refractivity (Wildman–Crippen MR) is 80.3 cm³/mol. The van der Waals surface area contributed by atoms with Gasteiger partial charge in [0.25, 0.3) is 0 Å². The molecule has 2 aromatic heterocycles. The number of fused-ring (bicyclic) bond motifs is 1. The molecule has 0 N–H and O–H groups in total. The molecule has 3 nitrogen and oxygen atoms in total. The fourth-order valence-electron chi connectivity index (χ4n) is 2.39. The van der Waals surface area contributed by atoms with Crippen molar-refractivity contribution in [1.29, 1.82) is 0 Å². The third kappa shape index (κ3) is 2.10. The molecule has 3 aromatic rings. The average Bonchev–Trinajstić information content (AvgIpc) is 3.14. The van der Waals surface area contributed by atoms with Crippen molar-refractivity contribution in [3.05, 3.63) is 64.1 Å². The van der Waals surface area contributed by atoms with Gasteiger partial charge in [-0.2, -0.15) is 0 Å². The van der Waals surface area contributed by atoms with Crippen molar-refractivity contribution in [2.75, 3.05) is 0 Å². The van der Waals surface area contributed by atoms with E-state index in [1.165, 1.54) is 17.7 Å². The van der Waals surface area contributed by atoms with Gasteiger partial charge in [0.1, 0.15) is 11.6 Å². The highest BCUT2D eigenvalue weighted by atomic mass is 32.1. The van der Waals surface area contributed by atoms with Gasteiger partial charge in [-0.3, -0.25) is 4.99 Å². The Morgan fingerprint density at radius 2 is 2.05 bits per heavy atom. The third-order valence-corrected chi connectivity index (χ3v) is 4.55. The van der Waals surface area contributed by atoms with E-state index in [0.29, 0.717) is 12.4 Å². The lowest BCUT2D eigenvalue weighted by atomic mass is 10.1. The van der Waals surface area contributed by atoms with Crippen molar-refractivity contribution in [1.82, 2.24) is 4.98 Å². The van der Waals surface area contributed by atoms with Gasteiger partial charge < -0.3 is 4.42 Å². The molecule has 4 rings (SSSR count). The highest BCUT2D eigenvalue weighted by Crippen LogP contribution is 2.36. The molecule has 0 radical (unpaired) electrons. The minimum Gasteiger partial charge on any atom is -0.441 e. The van der Waals surface area contributed by atoms with Gasteiger partial charge in [0.15, 0.2) is 0 Å². The van der Waals surface area contributed by atoms with Crippen LogP contribution in [0.2, 0.25) is 0 Å². The summed E-state index contributed by atoms with van der Waals surface area (Å²) in [6, 6.07) is 8.52. The maximum Gasteiger partial charge on any atom is 0.236 e. The van der Waals surface area contributed by atoms with Crippen LogP contribution in [0, 0.1) is 12.7 Å². The summed E-state index contributed by atoms with van der Waals surface area (Å²) in [6.45, 7) is 2.53. The van der Waals surface area contributed by atoms with E-state index in [-0.39, 0.29) is 5.82 Å². The van der Waals surface area contributed by atoms with Crippen LogP contribution in [0.15, 0.2) is 45.9 Å². The lowest BCUT2D eigenvalue weighted by Crippen LogP contribution is -1.97. The molecular formula is C16H11FN2OS. The number of nitrogens with zero attached hydrogens (tertiary/aromatic N) is 2. The Labute approximate surface area is 124 Å². The van der Waals surface area contributed by atoms with Crippen molar-refractivity contribution in [3.63, 3.8) is 0 Å². The molecule has 0 atom stereocenters. The SMILES string of the molecule is Cc1cnc(-c2cc3c(s2)C(c2ccc(F)cc2)=NC3)o1. The summed E-state index contributed by atoms with van der Waals surface area (Å²) in [5, 5.41) is 0. The van der Waals surface area contributed by atoms with E-state index in [2.05, 4.69) is 16.0 Å². The standard InChI is InChI=1S/C16H11FN2OS/c1-9-7-19-16(20-9)13-6-11-8-18-14(15(11)21-13)10-2-4-12(17)5-3-10/h2-7H,8H2,1H3. The second-order valence-electron chi connectivity index (χ2n) is 4.91. The lowest BCUT2D eigenvalue weighted by Gasteiger charge is -2.00. The number of thiophene rings is 1. The molecule has 0 aliphatic carbocycles. The Morgan fingerprint density at radius 1 is 1.24 bits per heavy atom. The Hall–Kier alpha value is -2.27. The molecule has 21 heavy (non-hydrogen) atoms. The number of aliphatic imine (C=N–C) groups is 1. The molecule has 0 bridgehead atoms. The largest absolute Gasteiger partial charge is 0.441 e. The molecular weight excluding hydrogens is 287 g/mol. The van der Waals surface area contributed by atoms with E-state index in [1.807, 2.05) is 6.92 Å². The molecule has 0 fully saturated rings. The number of oxazole rings is 1. The molecule has 0 saturated carbocycles. The third-order valence-electron chi connectivity index (χ3n) is 3.38. The Balaban J connectivity index is 1.74. The normalized spacial score (nSPS) is 13.3. The summed E-state index contributed by atoms with van der Waals surface area (Å²) in [6.07, 6.45) is 1.72. The summed E-state index contributed by atoms with van der Waals surface area (Å²) < 4.78 is 18.6. The number of rotatable bonds is 2. The van der Waals surface area contributed by atoms with E-state index in [4.69, 9.17) is 4.42 Å². The number of benzene rings is 1. The number of halogens is 1. The Bertz CT molecular complexity index is 846. The first kappa shape index (κ1) is 12.5. The summed E-state index contributed by atoms with van der Waals surface area (Å²) >= 11 is 1.61. The molecule has 5 heteroatoms. The van der Waals surface area contributed by atoms with Crippen LogP contribution in [0.5, 0.6) is 0 Å². The van der Waals surface area contributed by atoms with Crippen molar-refractivity contribution in [3.8, 4) is 10.8 Å². The Kier molecular flexibility index (Phi) is 2.75. The van der Waals surface area contributed by atoms with E-state index in [1.54, 1.807) is 29.7 Å². The molecule has 0 amide bonds. The van der Waals surface area contributed by atoms with Crippen LogP contribution < -0.4 is 0 Å². The lowest BCUT2D eigenvalue weighted by molar-refractivity contribution is 0.544. The van der Waals surface area contributed by atoms with Gasteiger partial charge >= 0.3 is 0 Å². The van der Waals surface area contributed by atoms with E-state index < -0.39 is 0 Å². The second kappa shape index (κ2) is 4.63. The van der Waals surface area contributed by atoms with Crippen molar-refractivity contribution in [2.24, 2.45) is 4.99 Å². The van der Waals surface area contributed by atoms with Crippen LogP contribution in [0.3, 0.4) is 0 Å². The minimum atomic E-state index is -0.236. The molecule has 104 valence electrons. The monoisotopic (exact) mass is 298 g/mol. The quantitative estimate of drug-likeness (QED) is 0.711. The van der Waals surface area contributed by atoms with E-state index in [0.717, 1.165) is 26.8 Å². The minimum absolute atomic E-state index is 0.236. The van der Waals surface area contributed by atoms with Gasteiger partial charge in [0.05, 0.1) is 28.2 Å². The summed E-state index contributed by atoms with van der Waals surface area (Å²) in [5.41, 5.74) is 3.03. The van der Waals surface area contributed by atoms with Crippen LogP contribution in [-0.2, 0) is 6.54 Å². The van der Waals surface area contributed by atoms with E-state index in [9.17, 15) is 4.39 Å². The van der Waals surface area contributed by atoms with Gasteiger partial charge in [0.2, 0.25) is 5.89 Å². The predicted octanol–water partition coefficient (Wildman–Crippen LogP) is 4.20. The van der Waals surface area contributed by atoms with Crippen LogP contribution in [0.1, 0.15) is 21.8 Å². The van der Waals surface area contributed by atoms with Crippen LogP contribution in [0.4, 0.5) is 4.39 Å². The van der Waals surface area contributed by atoms with Crippen LogP contribution >= 0.6 is 11.3 Å². The Morgan fingerprint density at radius 3 is 2.76 bits per heavy atom. The number of aryl methyl sites for hydroxylation is 1. The van der Waals surface area contributed by atoms with Crippen molar-refractivity contribution in [2.45, 2.75) is 13.5 Å². The summed E-state index contributed by atoms with van der Waals surface area (Å²) in [7, 11) is 0. The van der Waals surface area contributed by atoms with Gasteiger partial charge in [-0.15, -0.1) is 11.3 Å². The number of hydrogen-bond donors (Lipinski definition) is 0. The molecule has 1 aromatic carbocycles. The molecule has 1 aliphatic rings. The van der Waals surface area contributed by atoms with Gasteiger partial charge in [-0.1, -0.05) is 0 Å². The molecule has 0 spiro atoms. The van der Waals surface area contributed by atoms with Crippen LogP contribution in [-0.4, -0.2) is 10.7 Å².